The number of sulfonamides is 2. The molecule has 0 fully saturated rings. The van der Waals surface area contributed by atoms with E-state index < -0.39 is 30.8 Å². The van der Waals surface area contributed by atoms with Gasteiger partial charge in [0.15, 0.2) is 0 Å². The summed E-state index contributed by atoms with van der Waals surface area (Å²) in [5.41, 5.74) is 6.62. The predicted octanol–water partition coefficient (Wildman–Crippen LogP) is 1.16. The minimum atomic E-state index is -4.23. The summed E-state index contributed by atoms with van der Waals surface area (Å²) in [7, 11) is -8.29. The molecule has 2 aromatic rings. The maximum Gasteiger partial charge on any atom is 0.258 e. The van der Waals surface area contributed by atoms with Gasteiger partial charge >= 0.3 is 0 Å². The second-order valence-electron chi connectivity index (χ2n) is 6.04. The third-order valence-corrected chi connectivity index (χ3v) is 6.64. The predicted molar refractivity (Wildman–Crippen MR) is 102 cm³/mol. The van der Waals surface area contributed by atoms with E-state index in [1.165, 1.54) is 6.08 Å². The van der Waals surface area contributed by atoms with Crippen molar-refractivity contribution in [1.29, 1.82) is 0 Å². The normalized spacial score (nSPS) is 14.2. The third-order valence-electron chi connectivity index (χ3n) is 4.17. The summed E-state index contributed by atoms with van der Waals surface area (Å²) < 4.78 is 51.4. The number of fused-ring (bicyclic) bond motifs is 1. The Morgan fingerprint density at radius 2 is 1.70 bits per heavy atom. The number of hydrogen-bond donors (Lipinski definition) is 3. The van der Waals surface area contributed by atoms with Crippen LogP contribution >= 0.6 is 0 Å². The molecule has 5 N–H and O–H groups in total. The van der Waals surface area contributed by atoms with E-state index in [1.807, 2.05) is 12.1 Å². The van der Waals surface area contributed by atoms with E-state index in [2.05, 4.69) is 4.72 Å². The average molecular weight is 407 g/mol. The second-order valence-corrected chi connectivity index (χ2v) is 9.30. The first-order chi connectivity index (χ1) is 12.6. The molecule has 0 radical (unpaired) electrons. The number of anilines is 1. The maximum absolute atomic E-state index is 12.8. The van der Waals surface area contributed by atoms with E-state index in [-0.39, 0.29) is 22.6 Å². The molecule has 1 aliphatic rings. The Balaban J connectivity index is 2.05. The molecule has 10 heteroatoms. The number of benzene rings is 2. The van der Waals surface area contributed by atoms with Crippen molar-refractivity contribution in [1.82, 2.24) is 0 Å². The van der Waals surface area contributed by atoms with Crippen LogP contribution in [0.4, 0.5) is 5.69 Å². The van der Waals surface area contributed by atoms with Crippen LogP contribution in [-0.4, -0.2) is 22.7 Å². The minimum Gasteiger partial charge on any atom is -0.366 e. The van der Waals surface area contributed by atoms with Crippen molar-refractivity contribution in [2.24, 2.45) is 10.9 Å². The summed E-state index contributed by atoms with van der Waals surface area (Å²) in [5.74, 6) is -0.831. The molecular formula is C17H17N3O5S2. The zero-order chi connectivity index (χ0) is 19.8. The number of nitrogens with one attached hydrogen (secondary N) is 1. The molecule has 0 unspecified atom stereocenters. The van der Waals surface area contributed by atoms with Crippen molar-refractivity contribution in [3.8, 4) is 0 Å². The fourth-order valence-electron chi connectivity index (χ4n) is 2.84. The molecule has 3 rings (SSSR count). The molecule has 2 aromatic carbocycles. The summed E-state index contributed by atoms with van der Waals surface area (Å²) in [6.07, 6.45) is 2.33. The van der Waals surface area contributed by atoms with E-state index in [4.69, 9.17) is 10.9 Å². The average Bonchev–Trinajstić information content (AvgIpc) is 2.59. The smallest absolute Gasteiger partial charge is 0.258 e. The Kier molecular flexibility index (Phi) is 4.81. The Morgan fingerprint density at radius 3 is 2.37 bits per heavy atom. The van der Waals surface area contributed by atoms with Gasteiger partial charge in [-0.25, -0.2) is 22.0 Å². The first-order valence-corrected chi connectivity index (χ1v) is 10.9. The van der Waals surface area contributed by atoms with Crippen LogP contribution in [0.1, 0.15) is 27.9 Å². The highest BCUT2D eigenvalue weighted by Crippen LogP contribution is 2.30. The quantitative estimate of drug-likeness (QED) is 0.680. The lowest BCUT2D eigenvalue weighted by Gasteiger charge is -2.18. The molecule has 0 saturated heterocycles. The molecular weight excluding hydrogens is 390 g/mol. The SMILES string of the molecule is NC(=O)c1ccc(S(N)(=O)=O)c(NS(=O)(=O)C2=Cc3ccccc3CC2)c1. The van der Waals surface area contributed by atoms with Gasteiger partial charge in [0, 0.05) is 5.56 Å². The zero-order valence-electron chi connectivity index (χ0n) is 14.0. The van der Waals surface area contributed by atoms with Crippen molar-refractivity contribution in [2.75, 3.05) is 4.72 Å². The second kappa shape index (κ2) is 6.80. The number of allylic oxidation sites excluding steroid dienone is 1. The van der Waals surface area contributed by atoms with Crippen molar-refractivity contribution in [2.45, 2.75) is 17.7 Å². The van der Waals surface area contributed by atoms with Crippen LogP contribution in [0, 0.1) is 0 Å². The van der Waals surface area contributed by atoms with E-state index >= 15 is 0 Å². The summed E-state index contributed by atoms with van der Waals surface area (Å²) in [4.78, 5) is 11.0. The highest BCUT2D eigenvalue weighted by Gasteiger charge is 2.25. The molecule has 0 bridgehead atoms. The Hall–Kier alpha value is -2.69. The van der Waals surface area contributed by atoms with Crippen LogP contribution in [0.3, 0.4) is 0 Å². The highest BCUT2D eigenvalue weighted by atomic mass is 32.2. The van der Waals surface area contributed by atoms with Crippen molar-refractivity contribution in [3.05, 3.63) is 64.1 Å². The van der Waals surface area contributed by atoms with Gasteiger partial charge in [-0.15, -0.1) is 0 Å². The minimum absolute atomic E-state index is 0.0527. The van der Waals surface area contributed by atoms with Crippen LogP contribution in [-0.2, 0) is 26.5 Å². The van der Waals surface area contributed by atoms with Crippen LogP contribution in [0.15, 0.2) is 52.3 Å². The van der Waals surface area contributed by atoms with Gasteiger partial charge in [0.05, 0.1) is 10.6 Å². The lowest BCUT2D eigenvalue weighted by atomic mass is 9.98. The third kappa shape index (κ3) is 4.02. The highest BCUT2D eigenvalue weighted by molar-refractivity contribution is 7.96. The van der Waals surface area contributed by atoms with E-state index in [0.29, 0.717) is 6.42 Å². The zero-order valence-corrected chi connectivity index (χ0v) is 15.7. The summed E-state index contributed by atoms with van der Waals surface area (Å²) in [6, 6.07) is 10.6. The topological polar surface area (TPSA) is 149 Å². The van der Waals surface area contributed by atoms with Gasteiger partial charge < -0.3 is 5.73 Å². The molecule has 0 aliphatic heterocycles. The van der Waals surface area contributed by atoms with E-state index in [0.717, 1.165) is 29.3 Å². The number of primary sulfonamides is 1. The number of hydrogen-bond acceptors (Lipinski definition) is 5. The van der Waals surface area contributed by atoms with E-state index in [1.54, 1.807) is 12.1 Å². The number of carbonyl (C=O) groups is 1. The summed E-state index contributed by atoms with van der Waals surface area (Å²) in [6.45, 7) is 0. The van der Waals surface area contributed by atoms with Gasteiger partial charge in [-0.2, -0.15) is 0 Å². The Labute approximate surface area is 157 Å². The number of aryl methyl sites for hydroxylation is 1. The fourth-order valence-corrected chi connectivity index (χ4v) is 4.82. The summed E-state index contributed by atoms with van der Waals surface area (Å²) >= 11 is 0. The lowest BCUT2D eigenvalue weighted by Crippen LogP contribution is -2.22. The molecule has 0 atom stereocenters. The number of carbonyl (C=O) groups excluding carboxylic acids is 1. The van der Waals surface area contributed by atoms with Gasteiger partial charge in [0.25, 0.3) is 10.0 Å². The molecule has 0 saturated carbocycles. The largest absolute Gasteiger partial charge is 0.366 e. The van der Waals surface area contributed by atoms with Gasteiger partial charge in [-0.05, 0) is 48.2 Å². The van der Waals surface area contributed by atoms with Crippen LogP contribution in [0.2, 0.25) is 0 Å². The van der Waals surface area contributed by atoms with Crippen LogP contribution < -0.4 is 15.6 Å². The van der Waals surface area contributed by atoms with E-state index in [9.17, 15) is 21.6 Å². The van der Waals surface area contributed by atoms with Gasteiger partial charge in [0.2, 0.25) is 15.9 Å². The van der Waals surface area contributed by atoms with Gasteiger partial charge in [0.1, 0.15) is 4.90 Å². The molecule has 0 aromatic heterocycles. The van der Waals surface area contributed by atoms with Crippen LogP contribution in [0.5, 0.6) is 0 Å². The molecule has 0 spiro atoms. The Morgan fingerprint density at radius 1 is 1.00 bits per heavy atom. The van der Waals surface area contributed by atoms with Crippen molar-refractivity contribution in [3.63, 3.8) is 0 Å². The molecule has 142 valence electrons. The molecule has 8 nitrogen and oxygen atoms in total. The molecule has 1 aliphatic carbocycles. The van der Waals surface area contributed by atoms with Crippen molar-refractivity contribution >= 4 is 37.7 Å². The number of rotatable bonds is 5. The standard InChI is InChI=1S/C17H17N3O5S2/c18-17(21)13-6-8-16(26(19,22)23)15(10-13)20-27(24,25)14-7-5-11-3-1-2-4-12(11)9-14/h1-4,6,8-10,20H,5,7H2,(H2,18,21)(H2,19,22,23). The van der Waals surface area contributed by atoms with Crippen LogP contribution in [0.25, 0.3) is 6.08 Å². The number of primary amides is 1. The maximum atomic E-state index is 12.8. The number of amides is 1. The van der Waals surface area contributed by atoms with Gasteiger partial charge in [-0.3, -0.25) is 9.52 Å². The lowest BCUT2D eigenvalue weighted by molar-refractivity contribution is 0.1000. The molecule has 27 heavy (non-hydrogen) atoms. The monoisotopic (exact) mass is 407 g/mol. The Bertz CT molecular complexity index is 1170. The molecule has 1 amide bonds. The fraction of sp³-hybridized carbons (Fsp3) is 0.118. The summed E-state index contributed by atoms with van der Waals surface area (Å²) in [5, 5.41) is 5.15. The first kappa shape index (κ1) is 19.1. The molecule has 0 heterocycles. The number of nitrogens with two attached hydrogens (primary N) is 2. The van der Waals surface area contributed by atoms with Crippen molar-refractivity contribution < 1.29 is 21.6 Å². The first-order valence-electron chi connectivity index (χ1n) is 7.86. The van der Waals surface area contributed by atoms with Gasteiger partial charge in [-0.1, -0.05) is 24.3 Å².